The SMILES string of the molecule is O=C1S/C(=C\c2ccccc2Cl)C(=O)N1CNC1CCCCC1. The molecule has 0 aromatic heterocycles. The number of halogens is 1. The van der Waals surface area contributed by atoms with Gasteiger partial charge in [-0.2, -0.15) is 0 Å². The predicted molar refractivity (Wildman–Crippen MR) is 94.1 cm³/mol. The van der Waals surface area contributed by atoms with Crippen LogP contribution in [0.15, 0.2) is 29.2 Å². The highest BCUT2D eigenvalue weighted by Crippen LogP contribution is 2.33. The standard InChI is InChI=1S/C17H19ClN2O2S/c18-14-9-5-4-6-12(14)10-15-16(21)20(17(22)23-15)11-19-13-7-2-1-3-8-13/h4-6,9-10,13,19H,1-3,7-8,11H2/b15-10-. The smallest absolute Gasteiger partial charge is 0.294 e. The fourth-order valence-corrected chi connectivity index (χ4v) is 3.92. The van der Waals surface area contributed by atoms with E-state index in [1.165, 1.54) is 24.2 Å². The largest absolute Gasteiger partial charge is 0.297 e. The first-order valence-corrected chi connectivity index (χ1v) is 9.08. The summed E-state index contributed by atoms with van der Waals surface area (Å²) in [6.45, 7) is 0.287. The second kappa shape index (κ2) is 7.51. The molecule has 3 rings (SSSR count). The van der Waals surface area contributed by atoms with Crippen LogP contribution in [0.5, 0.6) is 0 Å². The van der Waals surface area contributed by atoms with Gasteiger partial charge in [-0.05, 0) is 42.3 Å². The van der Waals surface area contributed by atoms with E-state index >= 15 is 0 Å². The number of hydrogen-bond acceptors (Lipinski definition) is 4. The third-order valence-electron chi connectivity index (χ3n) is 4.21. The summed E-state index contributed by atoms with van der Waals surface area (Å²) < 4.78 is 0. The molecule has 2 amide bonds. The van der Waals surface area contributed by atoms with Gasteiger partial charge < -0.3 is 0 Å². The van der Waals surface area contributed by atoms with Crippen molar-refractivity contribution in [2.24, 2.45) is 0 Å². The lowest BCUT2D eigenvalue weighted by atomic mass is 9.96. The van der Waals surface area contributed by atoms with Gasteiger partial charge in [-0.3, -0.25) is 19.8 Å². The fourth-order valence-electron chi connectivity index (χ4n) is 2.90. The van der Waals surface area contributed by atoms with Gasteiger partial charge in [0, 0.05) is 11.1 Å². The lowest BCUT2D eigenvalue weighted by molar-refractivity contribution is -0.123. The van der Waals surface area contributed by atoms with Gasteiger partial charge >= 0.3 is 0 Å². The van der Waals surface area contributed by atoms with Crippen molar-refractivity contribution in [3.05, 3.63) is 39.8 Å². The average Bonchev–Trinajstić information content (AvgIpc) is 2.82. The maximum atomic E-state index is 12.4. The van der Waals surface area contributed by atoms with Crippen molar-refractivity contribution in [1.82, 2.24) is 10.2 Å². The summed E-state index contributed by atoms with van der Waals surface area (Å²) in [7, 11) is 0. The molecule has 2 fully saturated rings. The zero-order chi connectivity index (χ0) is 16.2. The van der Waals surface area contributed by atoms with Crippen LogP contribution >= 0.6 is 23.4 Å². The minimum absolute atomic E-state index is 0.225. The summed E-state index contributed by atoms with van der Waals surface area (Å²) in [4.78, 5) is 26.2. The number of nitrogens with zero attached hydrogens (tertiary/aromatic N) is 1. The molecule has 1 saturated heterocycles. The van der Waals surface area contributed by atoms with E-state index in [1.807, 2.05) is 18.2 Å². The number of rotatable bonds is 4. The van der Waals surface area contributed by atoms with Gasteiger partial charge in [-0.1, -0.05) is 49.1 Å². The van der Waals surface area contributed by atoms with Crippen LogP contribution in [-0.4, -0.2) is 28.8 Å². The molecule has 1 heterocycles. The third-order valence-corrected chi connectivity index (χ3v) is 5.46. The fraction of sp³-hybridized carbons (Fsp3) is 0.412. The highest BCUT2D eigenvalue weighted by atomic mass is 35.5. The molecule has 122 valence electrons. The first-order chi connectivity index (χ1) is 11.1. The summed E-state index contributed by atoms with van der Waals surface area (Å²) in [6.07, 6.45) is 7.63. The Balaban J connectivity index is 1.66. The minimum atomic E-state index is -0.247. The van der Waals surface area contributed by atoms with E-state index in [2.05, 4.69) is 5.32 Å². The monoisotopic (exact) mass is 350 g/mol. The summed E-state index contributed by atoms with van der Waals surface area (Å²) in [5.41, 5.74) is 0.750. The number of imide groups is 1. The number of thioether (sulfide) groups is 1. The average molecular weight is 351 g/mol. The molecule has 1 aliphatic carbocycles. The second-order valence-electron chi connectivity index (χ2n) is 5.83. The van der Waals surface area contributed by atoms with Gasteiger partial charge in [0.1, 0.15) is 0 Å². The molecule has 0 spiro atoms. The molecule has 2 aliphatic rings. The van der Waals surface area contributed by atoms with Crippen molar-refractivity contribution in [2.45, 2.75) is 38.1 Å². The van der Waals surface area contributed by atoms with E-state index in [0.29, 0.717) is 16.0 Å². The van der Waals surface area contributed by atoms with Crippen LogP contribution < -0.4 is 5.32 Å². The number of hydrogen-bond donors (Lipinski definition) is 1. The molecule has 0 unspecified atom stereocenters. The zero-order valence-electron chi connectivity index (χ0n) is 12.8. The zero-order valence-corrected chi connectivity index (χ0v) is 14.3. The first-order valence-electron chi connectivity index (χ1n) is 7.88. The molecule has 0 bridgehead atoms. The molecule has 1 N–H and O–H groups in total. The molecule has 1 aromatic rings. The third kappa shape index (κ3) is 3.97. The van der Waals surface area contributed by atoms with Crippen LogP contribution in [0.1, 0.15) is 37.7 Å². The molecule has 1 aliphatic heterocycles. The molecule has 1 aromatic carbocycles. The van der Waals surface area contributed by atoms with E-state index in [9.17, 15) is 9.59 Å². The summed E-state index contributed by atoms with van der Waals surface area (Å²) in [5.74, 6) is -0.247. The van der Waals surface area contributed by atoms with Gasteiger partial charge in [0.05, 0.1) is 11.6 Å². The van der Waals surface area contributed by atoms with E-state index in [0.717, 1.165) is 30.2 Å². The Bertz CT molecular complexity index is 641. The van der Waals surface area contributed by atoms with Crippen LogP contribution in [0.2, 0.25) is 5.02 Å². The lowest BCUT2D eigenvalue weighted by Gasteiger charge is -2.24. The minimum Gasteiger partial charge on any atom is -0.297 e. The second-order valence-corrected chi connectivity index (χ2v) is 7.23. The Morgan fingerprint density at radius 1 is 1.22 bits per heavy atom. The van der Waals surface area contributed by atoms with Crippen molar-refractivity contribution < 1.29 is 9.59 Å². The number of carbonyl (C=O) groups excluding carboxylic acids is 2. The quantitative estimate of drug-likeness (QED) is 0.824. The molecule has 0 atom stereocenters. The van der Waals surface area contributed by atoms with Crippen LogP contribution in [-0.2, 0) is 4.79 Å². The Hall–Kier alpha value is -1.30. The molecule has 1 saturated carbocycles. The highest BCUT2D eigenvalue weighted by Gasteiger charge is 2.35. The van der Waals surface area contributed by atoms with E-state index in [-0.39, 0.29) is 17.8 Å². The van der Waals surface area contributed by atoms with Gasteiger partial charge in [-0.25, -0.2) is 0 Å². The van der Waals surface area contributed by atoms with Crippen molar-refractivity contribution in [3.8, 4) is 0 Å². The maximum absolute atomic E-state index is 12.4. The van der Waals surface area contributed by atoms with Crippen LogP contribution in [0, 0.1) is 0 Å². The molecular weight excluding hydrogens is 332 g/mol. The van der Waals surface area contributed by atoms with Crippen LogP contribution in [0.4, 0.5) is 4.79 Å². The van der Waals surface area contributed by atoms with E-state index < -0.39 is 0 Å². The number of benzene rings is 1. The maximum Gasteiger partial charge on any atom is 0.294 e. The predicted octanol–water partition coefficient (Wildman–Crippen LogP) is 4.26. The van der Waals surface area contributed by atoms with E-state index in [4.69, 9.17) is 11.6 Å². The summed E-state index contributed by atoms with van der Waals surface area (Å²) in [6, 6.07) is 7.69. The van der Waals surface area contributed by atoms with Gasteiger partial charge in [-0.15, -0.1) is 0 Å². The Morgan fingerprint density at radius 3 is 2.70 bits per heavy atom. The van der Waals surface area contributed by atoms with E-state index in [1.54, 1.807) is 12.1 Å². The highest BCUT2D eigenvalue weighted by molar-refractivity contribution is 8.18. The lowest BCUT2D eigenvalue weighted by Crippen LogP contribution is -2.42. The normalized spacial score (nSPS) is 21.4. The summed E-state index contributed by atoms with van der Waals surface area (Å²) >= 11 is 7.08. The number of carbonyl (C=O) groups is 2. The molecule has 0 radical (unpaired) electrons. The van der Waals surface area contributed by atoms with Gasteiger partial charge in [0.25, 0.3) is 11.1 Å². The molecule has 23 heavy (non-hydrogen) atoms. The van der Waals surface area contributed by atoms with Crippen molar-refractivity contribution in [3.63, 3.8) is 0 Å². The topological polar surface area (TPSA) is 49.4 Å². The Labute approximate surface area is 145 Å². The van der Waals surface area contributed by atoms with Gasteiger partial charge in [0.2, 0.25) is 0 Å². The molecule has 4 nitrogen and oxygen atoms in total. The Kier molecular flexibility index (Phi) is 5.41. The van der Waals surface area contributed by atoms with Crippen LogP contribution in [0.25, 0.3) is 6.08 Å². The Morgan fingerprint density at radius 2 is 1.96 bits per heavy atom. The molecular formula is C17H19ClN2O2S. The first kappa shape index (κ1) is 16.6. The number of nitrogens with one attached hydrogen (secondary N) is 1. The molecule has 6 heteroatoms. The number of amides is 2. The van der Waals surface area contributed by atoms with Crippen molar-refractivity contribution in [1.29, 1.82) is 0 Å². The summed E-state index contributed by atoms with van der Waals surface area (Å²) in [5, 5.41) is 3.68. The van der Waals surface area contributed by atoms with Crippen LogP contribution in [0.3, 0.4) is 0 Å². The van der Waals surface area contributed by atoms with Crippen molar-refractivity contribution >= 4 is 40.6 Å². The van der Waals surface area contributed by atoms with Crippen molar-refractivity contribution in [2.75, 3.05) is 6.67 Å². The van der Waals surface area contributed by atoms with Gasteiger partial charge in [0.15, 0.2) is 0 Å².